The highest BCUT2D eigenvalue weighted by Crippen LogP contribution is 2.38. The zero-order valence-electron chi connectivity index (χ0n) is 16.9. The predicted molar refractivity (Wildman–Crippen MR) is 107 cm³/mol. The molecule has 2 aromatic rings. The number of nitrogens with one attached hydrogen (secondary N) is 1. The van der Waals surface area contributed by atoms with Crippen LogP contribution >= 0.6 is 0 Å². The minimum Gasteiger partial charge on any atom is -0.351 e. The van der Waals surface area contributed by atoms with Gasteiger partial charge < -0.3 is 5.32 Å². The monoisotopic (exact) mass is 385 g/mol. The van der Waals surface area contributed by atoms with Crippen LogP contribution in [0.3, 0.4) is 0 Å². The molecule has 0 spiro atoms. The molecule has 1 aromatic heterocycles. The highest BCUT2D eigenvalue weighted by Gasteiger charge is 2.33. The van der Waals surface area contributed by atoms with Gasteiger partial charge in [-0.3, -0.25) is 9.59 Å². The molecular weight excluding hydrogens is 357 g/mol. The normalized spacial score (nSPS) is 22.5. The molecule has 1 fully saturated rings. The van der Waals surface area contributed by atoms with E-state index in [9.17, 15) is 14.0 Å². The molecule has 1 aromatic carbocycles. The van der Waals surface area contributed by atoms with E-state index in [2.05, 4.69) is 31.2 Å². The van der Waals surface area contributed by atoms with E-state index in [0.29, 0.717) is 17.2 Å². The molecule has 0 bridgehead atoms. The molecule has 0 aliphatic heterocycles. The molecule has 3 atom stereocenters. The summed E-state index contributed by atoms with van der Waals surface area (Å²) >= 11 is 0. The van der Waals surface area contributed by atoms with Gasteiger partial charge in [0.2, 0.25) is 5.91 Å². The molecule has 150 valence electrons. The summed E-state index contributed by atoms with van der Waals surface area (Å²) in [4.78, 5) is 25.1. The lowest BCUT2D eigenvalue weighted by Gasteiger charge is -2.39. The molecule has 28 heavy (non-hydrogen) atoms. The van der Waals surface area contributed by atoms with Gasteiger partial charge in [0.05, 0.1) is 5.69 Å². The molecule has 1 aliphatic carbocycles. The summed E-state index contributed by atoms with van der Waals surface area (Å²) in [6.07, 6.45) is 3.02. The number of hydrogen-bond acceptors (Lipinski definition) is 3. The summed E-state index contributed by atoms with van der Waals surface area (Å²) < 4.78 is 14.4. The number of amides is 1. The maximum atomic E-state index is 13.2. The molecule has 1 aliphatic rings. The van der Waals surface area contributed by atoms with Crippen molar-refractivity contribution in [2.24, 2.45) is 11.3 Å². The van der Waals surface area contributed by atoms with Gasteiger partial charge in [0.25, 0.3) is 5.56 Å². The van der Waals surface area contributed by atoms with E-state index in [-0.39, 0.29) is 28.7 Å². The molecule has 0 saturated heterocycles. The maximum Gasteiger partial charge on any atom is 0.267 e. The zero-order chi connectivity index (χ0) is 20.5. The van der Waals surface area contributed by atoms with E-state index in [1.807, 2.05) is 0 Å². The Kier molecular flexibility index (Phi) is 5.68. The Labute approximate surface area is 165 Å². The van der Waals surface area contributed by atoms with E-state index in [1.165, 1.54) is 22.9 Å². The predicted octanol–water partition coefficient (Wildman–Crippen LogP) is 3.94. The Balaban J connectivity index is 1.78. The Bertz CT molecular complexity index is 905. The van der Waals surface area contributed by atoms with Gasteiger partial charge in [-0.25, -0.2) is 9.07 Å². The van der Waals surface area contributed by atoms with Crippen molar-refractivity contribution in [3.63, 3.8) is 0 Å². The van der Waals surface area contributed by atoms with E-state index in [1.54, 1.807) is 25.1 Å². The average Bonchev–Trinajstić information content (AvgIpc) is 2.60. The molecule has 3 unspecified atom stereocenters. The quantitative estimate of drug-likeness (QED) is 0.867. The van der Waals surface area contributed by atoms with Crippen molar-refractivity contribution in [2.45, 2.75) is 59.0 Å². The Hall–Kier alpha value is -2.50. The van der Waals surface area contributed by atoms with Crippen LogP contribution < -0.4 is 10.9 Å². The fourth-order valence-corrected chi connectivity index (χ4v) is 4.37. The van der Waals surface area contributed by atoms with Gasteiger partial charge in [-0.1, -0.05) is 20.8 Å². The molecule has 1 N–H and O–H groups in total. The summed E-state index contributed by atoms with van der Waals surface area (Å²) in [5.74, 6) is 0.00205. The summed E-state index contributed by atoms with van der Waals surface area (Å²) in [5.41, 5.74) is 1.05. The first-order valence-electron chi connectivity index (χ1n) is 9.81. The van der Waals surface area contributed by atoms with Crippen LogP contribution in [0.15, 0.2) is 41.2 Å². The molecule has 1 heterocycles. The Morgan fingerprint density at radius 2 is 1.89 bits per heavy atom. The van der Waals surface area contributed by atoms with Crippen LogP contribution in [0.2, 0.25) is 0 Å². The second-order valence-electron chi connectivity index (χ2n) is 8.80. The molecule has 1 saturated carbocycles. The van der Waals surface area contributed by atoms with Crippen LogP contribution in [0.25, 0.3) is 11.3 Å². The number of halogens is 1. The van der Waals surface area contributed by atoms with Crippen LogP contribution in [0.4, 0.5) is 4.39 Å². The average molecular weight is 385 g/mol. The minimum atomic E-state index is -0.728. The van der Waals surface area contributed by atoms with Crippen molar-refractivity contribution in [3.05, 3.63) is 52.6 Å². The van der Waals surface area contributed by atoms with E-state index in [4.69, 9.17) is 0 Å². The van der Waals surface area contributed by atoms with Gasteiger partial charge in [0.1, 0.15) is 11.9 Å². The fourth-order valence-electron chi connectivity index (χ4n) is 4.37. The number of hydrogen-bond donors (Lipinski definition) is 1. The number of rotatable bonds is 4. The lowest BCUT2D eigenvalue weighted by Crippen LogP contribution is -2.46. The SMILES string of the molecule is CC1CC(NC(=O)C(C)n2nc(-c3ccc(F)cc3)ccc2=O)CC(C)(C)C1. The van der Waals surface area contributed by atoms with Crippen LogP contribution in [0, 0.1) is 17.2 Å². The Morgan fingerprint density at radius 1 is 1.21 bits per heavy atom. The number of carbonyl (C=O) groups is 1. The fraction of sp³-hybridized carbons (Fsp3) is 0.500. The van der Waals surface area contributed by atoms with Crippen molar-refractivity contribution in [1.29, 1.82) is 0 Å². The third kappa shape index (κ3) is 4.66. The first kappa shape index (κ1) is 20.2. The van der Waals surface area contributed by atoms with Crippen molar-refractivity contribution < 1.29 is 9.18 Å². The van der Waals surface area contributed by atoms with Crippen molar-refractivity contribution >= 4 is 5.91 Å². The van der Waals surface area contributed by atoms with Gasteiger partial charge in [0, 0.05) is 17.7 Å². The molecule has 1 amide bonds. The standard InChI is InChI=1S/C22H28FN3O2/c1-14-11-18(13-22(3,4)12-14)24-21(28)15(2)26-20(27)10-9-19(25-26)16-5-7-17(23)8-6-16/h5-10,14-15,18H,11-13H2,1-4H3,(H,24,28). The van der Waals surface area contributed by atoms with E-state index in [0.717, 1.165) is 19.3 Å². The minimum absolute atomic E-state index is 0.102. The van der Waals surface area contributed by atoms with Crippen LogP contribution in [0.5, 0.6) is 0 Å². The number of nitrogens with zero attached hydrogens (tertiary/aromatic N) is 2. The number of aromatic nitrogens is 2. The lowest BCUT2D eigenvalue weighted by atomic mass is 9.70. The summed E-state index contributed by atoms with van der Waals surface area (Å²) in [5, 5.41) is 7.46. The summed E-state index contributed by atoms with van der Waals surface area (Å²) in [6.45, 7) is 8.34. The third-order valence-corrected chi connectivity index (χ3v) is 5.44. The third-order valence-electron chi connectivity index (χ3n) is 5.44. The molecule has 6 heteroatoms. The van der Waals surface area contributed by atoms with Gasteiger partial charge in [0.15, 0.2) is 0 Å². The summed E-state index contributed by atoms with van der Waals surface area (Å²) in [6, 6.07) is 8.23. The zero-order valence-corrected chi connectivity index (χ0v) is 16.9. The summed E-state index contributed by atoms with van der Waals surface area (Å²) in [7, 11) is 0. The van der Waals surface area contributed by atoms with Crippen LogP contribution in [0.1, 0.15) is 53.0 Å². The van der Waals surface area contributed by atoms with Crippen molar-refractivity contribution in [3.8, 4) is 11.3 Å². The van der Waals surface area contributed by atoms with Gasteiger partial charge in [-0.2, -0.15) is 5.10 Å². The van der Waals surface area contributed by atoms with Crippen molar-refractivity contribution in [2.75, 3.05) is 0 Å². The second-order valence-corrected chi connectivity index (χ2v) is 8.80. The van der Waals surface area contributed by atoms with E-state index >= 15 is 0 Å². The van der Waals surface area contributed by atoms with Gasteiger partial charge in [-0.05, 0) is 67.9 Å². The number of benzene rings is 1. The van der Waals surface area contributed by atoms with Crippen molar-refractivity contribution in [1.82, 2.24) is 15.1 Å². The highest BCUT2D eigenvalue weighted by atomic mass is 19.1. The molecule has 0 radical (unpaired) electrons. The van der Waals surface area contributed by atoms with E-state index < -0.39 is 6.04 Å². The van der Waals surface area contributed by atoms with Gasteiger partial charge >= 0.3 is 0 Å². The largest absolute Gasteiger partial charge is 0.351 e. The molecule has 5 nitrogen and oxygen atoms in total. The topological polar surface area (TPSA) is 64.0 Å². The molecular formula is C22H28FN3O2. The number of carbonyl (C=O) groups excluding carboxylic acids is 1. The second kappa shape index (κ2) is 7.86. The maximum absolute atomic E-state index is 13.2. The highest BCUT2D eigenvalue weighted by molar-refractivity contribution is 5.80. The molecule has 3 rings (SSSR count). The smallest absolute Gasteiger partial charge is 0.267 e. The first-order valence-corrected chi connectivity index (χ1v) is 9.81. The Morgan fingerprint density at radius 3 is 2.54 bits per heavy atom. The van der Waals surface area contributed by atoms with Gasteiger partial charge in [-0.15, -0.1) is 0 Å². The lowest BCUT2D eigenvalue weighted by molar-refractivity contribution is -0.125. The van der Waals surface area contributed by atoms with Crippen LogP contribution in [-0.4, -0.2) is 21.7 Å². The first-order chi connectivity index (χ1) is 13.1. The van der Waals surface area contributed by atoms with Crippen LogP contribution in [-0.2, 0) is 4.79 Å².